The Kier molecular flexibility index (Phi) is 7.77. The second kappa shape index (κ2) is 11.0. The maximum atomic E-state index is 12.5. The van der Waals surface area contributed by atoms with Gasteiger partial charge >= 0.3 is 0 Å². The quantitative estimate of drug-likeness (QED) is 0.273. The normalized spacial score (nSPS) is 10.8. The molecule has 4 aromatic rings. The molecule has 0 spiro atoms. The van der Waals surface area contributed by atoms with E-state index in [-0.39, 0.29) is 18.3 Å². The molecule has 0 saturated heterocycles. The lowest BCUT2D eigenvalue weighted by molar-refractivity contribution is -0.113. The van der Waals surface area contributed by atoms with E-state index >= 15 is 0 Å². The van der Waals surface area contributed by atoms with Crippen molar-refractivity contribution in [3.63, 3.8) is 0 Å². The number of aromatic nitrogens is 3. The fourth-order valence-electron chi connectivity index (χ4n) is 3.18. The number of benzene rings is 3. The zero-order chi connectivity index (χ0) is 24.1. The smallest absolute Gasteiger partial charge is 0.234 e. The Labute approximate surface area is 212 Å². The van der Waals surface area contributed by atoms with E-state index < -0.39 is 0 Å². The molecular weight excluding hydrogens is 491 g/mol. The van der Waals surface area contributed by atoms with E-state index in [2.05, 4.69) is 15.5 Å². The number of hydrogen-bond acceptors (Lipinski definition) is 5. The first-order chi connectivity index (χ1) is 16.4. The highest BCUT2D eigenvalue weighted by molar-refractivity contribution is 7.99. The van der Waals surface area contributed by atoms with E-state index in [1.807, 2.05) is 66.9 Å². The lowest BCUT2D eigenvalue weighted by atomic mass is 10.2. The molecule has 0 aliphatic carbocycles. The molecule has 0 radical (unpaired) electrons. The minimum Gasteiger partial charge on any atom is -0.486 e. The average molecular weight is 513 g/mol. The first kappa shape index (κ1) is 24.1. The highest BCUT2D eigenvalue weighted by Crippen LogP contribution is 2.25. The summed E-state index contributed by atoms with van der Waals surface area (Å²) in [5.74, 6) is 1.30. The summed E-state index contributed by atoms with van der Waals surface area (Å²) in [5.41, 5.74) is 3.73. The first-order valence-electron chi connectivity index (χ1n) is 10.5. The van der Waals surface area contributed by atoms with Gasteiger partial charge in [0.25, 0.3) is 0 Å². The van der Waals surface area contributed by atoms with Crippen molar-refractivity contribution < 1.29 is 9.53 Å². The summed E-state index contributed by atoms with van der Waals surface area (Å²) in [6.45, 7) is 4.29. The molecule has 0 fully saturated rings. The zero-order valence-corrected chi connectivity index (χ0v) is 20.9. The van der Waals surface area contributed by atoms with Gasteiger partial charge in [0.05, 0.1) is 5.75 Å². The third-order valence-corrected chi connectivity index (χ3v) is 6.23. The molecule has 1 aromatic heterocycles. The monoisotopic (exact) mass is 512 g/mol. The van der Waals surface area contributed by atoms with Crippen LogP contribution in [-0.2, 0) is 11.4 Å². The number of nitrogens with one attached hydrogen (secondary N) is 1. The molecule has 9 heteroatoms. The summed E-state index contributed by atoms with van der Waals surface area (Å²) in [5, 5.41) is 13.0. The highest BCUT2D eigenvalue weighted by atomic mass is 35.5. The van der Waals surface area contributed by atoms with Crippen molar-refractivity contribution in [2.45, 2.75) is 25.6 Å². The van der Waals surface area contributed by atoms with Crippen LogP contribution in [-0.4, -0.2) is 26.4 Å². The lowest BCUT2D eigenvalue weighted by Crippen LogP contribution is -2.15. The fraction of sp³-hybridized carbons (Fsp3) is 0.160. The molecule has 0 aliphatic rings. The van der Waals surface area contributed by atoms with Crippen LogP contribution in [0.4, 0.5) is 5.69 Å². The predicted octanol–water partition coefficient (Wildman–Crippen LogP) is 6.50. The number of rotatable bonds is 8. The van der Waals surface area contributed by atoms with Crippen LogP contribution in [0.25, 0.3) is 5.69 Å². The molecule has 34 heavy (non-hydrogen) atoms. The molecule has 4 rings (SSSR count). The summed E-state index contributed by atoms with van der Waals surface area (Å²) in [6.07, 6.45) is 0. The van der Waals surface area contributed by atoms with Gasteiger partial charge in [-0.05, 0) is 56.3 Å². The van der Waals surface area contributed by atoms with Crippen molar-refractivity contribution in [1.29, 1.82) is 0 Å². The molecule has 6 nitrogen and oxygen atoms in total. The minimum atomic E-state index is -0.209. The van der Waals surface area contributed by atoms with Crippen LogP contribution in [0.5, 0.6) is 5.75 Å². The van der Waals surface area contributed by atoms with Crippen LogP contribution in [0.15, 0.2) is 71.9 Å². The number of carbonyl (C=O) groups excluding carboxylic acids is 1. The molecule has 0 bridgehead atoms. The molecule has 0 saturated carbocycles. The van der Waals surface area contributed by atoms with Gasteiger partial charge in [0.2, 0.25) is 5.91 Å². The third kappa shape index (κ3) is 6.32. The fourth-order valence-corrected chi connectivity index (χ4v) is 4.47. The number of thioether (sulfide) groups is 1. The molecule has 3 aromatic carbocycles. The highest BCUT2D eigenvalue weighted by Gasteiger charge is 2.17. The SMILES string of the molecule is Cc1ccc(OCc2nnc(SCC(=O)Nc3cc(Cl)cc(Cl)c3)n2-c2ccc(C)cc2)cc1. The van der Waals surface area contributed by atoms with E-state index in [1.54, 1.807) is 18.2 Å². The van der Waals surface area contributed by atoms with Crippen LogP contribution in [0.3, 0.4) is 0 Å². The van der Waals surface area contributed by atoms with Crippen molar-refractivity contribution in [3.8, 4) is 11.4 Å². The summed E-state index contributed by atoms with van der Waals surface area (Å²) in [4.78, 5) is 12.5. The Balaban J connectivity index is 1.51. The van der Waals surface area contributed by atoms with Gasteiger partial charge in [-0.3, -0.25) is 9.36 Å². The minimum absolute atomic E-state index is 0.132. The van der Waals surface area contributed by atoms with Gasteiger partial charge in [0, 0.05) is 21.4 Å². The van der Waals surface area contributed by atoms with Gasteiger partial charge in [-0.25, -0.2) is 0 Å². The van der Waals surface area contributed by atoms with Gasteiger partial charge in [-0.15, -0.1) is 10.2 Å². The third-order valence-electron chi connectivity index (χ3n) is 4.86. The molecule has 1 heterocycles. The molecule has 0 unspecified atom stereocenters. The molecule has 174 valence electrons. The van der Waals surface area contributed by atoms with Gasteiger partial charge in [-0.1, -0.05) is 70.4 Å². The van der Waals surface area contributed by atoms with Crippen LogP contribution in [0.1, 0.15) is 17.0 Å². The number of halogens is 2. The van der Waals surface area contributed by atoms with Crippen LogP contribution in [0.2, 0.25) is 10.0 Å². The molecule has 1 N–H and O–H groups in total. The second-order valence-electron chi connectivity index (χ2n) is 7.67. The van der Waals surface area contributed by atoms with Crippen molar-refractivity contribution in [2.75, 3.05) is 11.1 Å². The largest absolute Gasteiger partial charge is 0.486 e. The topological polar surface area (TPSA) is 69.0 Å². The van der Waals surface area contributed by atoms with Crippen molar-refractivity contribution >= 4 is 46.6 Å². The zero-order valence-electron chi connectivity index (χ0n) is 18.6. The van der Waals surface area contributed by atoms with Gasteiger partial charge < -0.3 is 10.1 Å². The number of ether oxygens (including phenoxy) is 1. The summed E-state index contributed by atoms with van der Waals surface area (Å²) in [7, 11) is 0. The lowest BCUT2D eigenvalue weighted by Gasteiger charge is -2.12. The summed E-state index contributed by atoms with van der Waals surface area (Å²) < 4.78 is 7.84. The van der Waals surface area contributed by atoms with Crippen LogP contribution in [0, 0.1) is 13.8 Å². The number of aryl methyl sites for hydroxylation is 2. The number of carbonyl (C=O) groups is 1. The Morgan fingerprint density at radius 1 is 0.941 bits per heavy atom. The number of hydrogen-bond donors (Lipinski definition) is 1. The van der Waals surface area contributed by atoms with Crippen molar-refractivity contribution in [2.24, 2.45) is 0 Å². The molecule has 0 aliphatic heterocycles. The van der Waals surface area contributed by atoms with E-state index in [9.17, 15) is 4.79 Å². The van der Waals surface area contributed by atoms with E-state index in [4.69, 9.17) is 27.9 Å². The second-order valence-corrected chi connectivity index (χ2v) is 9.48. The van der Waals surface area contributed by atoms with Crippen molar-refractivity contribution in [3.05, 3.63) is 93.7 Å². The standard InChI is InChI=1S/C25H22Cl2N4O2S/c1-16-3-7-21(8-4-16)31-23(14-33-22-9-5-17(2)6-10-22)29-30-25(31)34-15-24(32)28-20-12-18(26)11-19(27)13-20/h3-13H,14-15H2,1-2H3,(H,28,32). The molecule has 1 amide bonds. The molecule has 0 atom stereocenters. The van der Waals surface area contributed by atoms with Crippen LogP contribution >= 0.6 is 35.0 Å². The predicted molar refractivity (Wildman–Crippen MR) is 137 cm³/mol. The Morgan fingerprint density at radius 2 is 1.56 bits per heavy atom. The first-order valence-corrected chi connectivity index (χ1v) is 12.2. The van der Waals surface area contributed by atoms with E-state index in [1.165, 1.54) is 11.8 Å². The van der Waals surface area contributed by atoms with Gasteiger partial charge in [0.1, 0.15) is 12.4 Å². The average Bonchev–Trinajstić information content (AvgIpc) is 3.20. The molecular formula is C25H22Cl2N4O2S. The Morgan fingerprint density at radius 3 is 2.21 bits per heavy atom. The number of anilines is 1. The summed E-state index contributed by atoms with van der Waals surface area (Å²) >= 11 is 13.3. The maximum absolute atomic E-state index is 12.5. The van der Waals surface area contributed by atoms with E-state index in [0.29, 0.717) is 26.7 Å². The van der Waals surface area contributed by atoms with Gasteiger partial charge in [0.15, 0.2) is 11.0 Å². The number of nitrogens with zero attached hydrogens (tertiary/aromatic N) is 3. The van der Waals surface area contributed by atoms with E-state index in [0.717, 1.165) is 22.6 Å². The number of amides is 1. The Bertz CT molecular complexity index is 1270. The Hall–Kier alpha value is -3.00. The van der Waals surface area contributed by atoms with Gasteiger partial charge in [-0.2, -0.15) is 0 Å². The van der Waals surface area contributed by atoms with Crippen molar-refractivity contribution in [1.82, 2.24) is 14.8 Å². The summed E-state index contributed by atoms with van der Waals surface area (Å²) in [6, 6.07) is 20.7. The van der Waals surface area contributed by atoms with Crippen LogP contribution < -0.4 is 10.1 Å². The maximum Gasteiger partial charge on any atom is 0.234 e.